The van der Waals surface area contributed by atoms with E-state index in [2.05, 4.69) is 28.1 Å². The van der Waals surface area contributed by atoms with E-state index in [0.29, 0.717) is 6.42 Å². The van der Waals surface area contributed by atoms with Gasteiger partial charge in [-0.2, -0.15) is 0 Å². The molecule has 0 spiro atoms. The lowest BCUT2D eigenvalue weighted by molar-refractivity contribution is -0.115. The quantitative estimate of drug-likeness (QED) is 0.697. The van der Waals surface area contributed by atoms with Gasteiger partial charge in [-0.25, -0.2) is 0 Å². The Morgan fingerprint density at radius 1 is 1.44 bits per heavy atom. The number of anilines is 1. The molecule has 0 radical (unpaired) electrons. The van der Waals surface area contributed by atoms with Gasteiger partial charge in [0.2, 0.25) is 5.91 Å². The summed E-state index contributed by atoms with van der Waals surface area (Å²) in [6.45, 7) is 0.872. The Balaban J connectivity index is 2.24. The lowest BCUT2D eigenvalue weighted by Gasteiger charge is -2.16. The molecule has 0 bridgehead atoms. The van der Waals surface area contributed by atoms with Crippen molar-refractivity contribution in [3.63, 3.8) is 0 Å². The highest BCUT2D eigenvalue weighted by Gasteiger charge is 2.19. The van der Waals surface area contributed by atoms with Gasteiger partial charge in [0.25, 0.3) is 0 Å². The maximum absolute atomic E-state index is 11.2. The number of benzene rings is 1. The van der Waals surface area contributed by atoms with E-state index >= 15 is 0 Å². The third kappa shape index (κ3) is 2.08. The van der Waals surface area contributed by atoms with Gasteiger partial charge < -0.3 is 16.0 Å². The molecule has 3 N–H and O–H groups in total. The fourth-order valence-electron chi connectivity index (χ4n) is 2.06. The van der Waals surface area contributed by atoms with Crippen LogP contribution in [0.2, 0.25) is 0 Å². The van der Waals surface area contributed by atoms with Crippen LogP contribution in [0.1, 0.15) is 17.2 Å². The minimum atomic E-state index is 0.0850. The van der Waals surface area contributed by atoms with Crippen LogP contribution in [0.25, 0.3) is 0 Å². The lowest BCUT2D eigenvalue weighted by Crippen LogP contribution is -2.27. The molecule has 0 fully saturated rings. The van der Waals surface area contributed by atoms with Crippen molar-refractivity contribution in [1.29, 1.82) is 0 Å². The summed E-state index contributed by atoms with van der Waals surface area (Å²) >= 11 is 0. The molecule has 1 aliphatic heterocycles. The summed E-state index contributed by atoms with van der Waals surface area (Å²) in [6.07, 6.45) is 0.499. The Labute approximate surface area is 95.4 Å². The summed E-state index contributed by atoms with van der Waals surface area (Å²) in [6, 6.07) is 6.43. The molecule has 0 saturated heterocycles. The summed E-state index contributed by atoms with van der Waals surface area (Å²) in [5.41, 5.74) is 3.26. The SMILES string of the molecule is CNCC(NC)c1ccc2c(c1)CC(=O)N2. The summed E-state index contributed by atoms with van der Waals surface area (Å²) in [5, 5.41) is 9.24. The number of rotatable bonds is 4. The van der Waals surface area contributed by atoms with Crippen molar-refractivity contribution in [2.45, 2.75) is 12.5 Å². The normalized spacial score (nSPS) is 15.8. The molecule has 1 atom stereocenters. The van der Waals surface area contributed by atoms with E-state index in [9.17, 15) is 4.79 Å². The maximum atomic E-state index is 11.2. The zero-order chi connectivity index (χ0) is 11.5. The van der Waals surface area contributed by atoms with Gasteiger partial charge in [-0.05, 0) is 31.3 Å². The summed E-state index contributed by atoms with van der Waals surface area (Å²) < 4.78 is 0. The van der Waals surface area contributed by atoms with E-state index in [1.807, 2.05) is 20.2 Å². The molecule has 1 aromatic rings. The van der Waals surface area contributed by atoms with Crippen LogP contribution in [-0.2, 0) is 11.2 Å². The Hall–Kier alpha value is -1.39. The van der Waals surface area contributed by atoms with Gasteiger partial charge >= 0.3 is 0 Å². The van der Waals surface area contributed by atoms with Gasteiger partial charge in [0.05, 0.1) is 6.42 Å². The molecule has 2 rings (SSSR count). The summed E-state index contributed by atoms with van der Waals surface area (Å²) in [7, 11) is 3.88. The third-order valence-electron chi connectivity index (χ3n) is 2.91. The highest BCUT2D eigenvalue weighted by Crippen LogP contribution is 2.26. The summed E-state index contributed by atoms with van der Waals surface area (Å²) in [5.74, 6) is 0.0850. The topological polar surface area (TPSA) is 53.2 Å². The average Bonchev–Trinajstić information content (AvgIpc) is 2.64. The van der Waals surface area contributed by atoms with Crippen LogP contribution in [0.5, 0.6) is 0 Å². The molecule has 0 aliphatic carbocycles. The van der Waals surface area contributed by atoms with E-state index < -0.39 is 0 Å². The highest BCUT2D eigenvalue weighted by atomic mass is 16.1. The van der Waals surface area contributed by atoms with Crippen LogP contribution < -0.4 is 16.0 Å². The minimum Gasteiger partial charge on any atom is -0.326 e. The van der Waals surface area contributed by atoms with E-state index in [1.165, 1.54) is 5.56 Å². The number of hydrogen-bond acceptors (Lipinski definition) is 3. The van der Waals surface area contributed by atoms with Gasteiger partial charge in [-0.15, -0.1) is 0 Å². The Bertz CT molecular complexity index is 403. The van der Waals surface area contributed by atoms with Gasteiger partial charge in [-0.3, -0.25) is 4.79 Å². The monoisotopic (exact) mass is 219 g/mol. The second-order valence-electron chi connectivity index (χ2n) is 4.04. The largest absolute Gasteiger partial charge is 0.326 e. The van der Waals surface area contributed by atoms with Crippen molar-refractivity contribution in [3.8, 4) is 0 Å². The van der Waals surface area contributed by atoms with E-state index in [4.69, 9.17) is 0 Å². The number of likely N-dealkylation sites (N-methyl/N-ethyl adjacent to an activating group) is 2. The fraction of sp³-hybridized carbons (Fsp3) is 0.417. The molecule has 4 nitrogen and oxygen atoms in total. The maximum Gasteiger partial charge on any atom is 0.228 e. The van der Waals surface area contributed by atoms with Crippen molar-refractivity contribution in [2.75, 3.05) is 26.0 Å². The van der Waals surface area contributed by atoms with Crippen LogP contribution in [0, 0.1) is 0 Å². The van der Waals surface area contributed by atoms with Gasteiger partial charge in [0.1, 0.15) is 0 Å². The highest BCUT2D eigenvalue weighted by molar-refractivity contribution is 5.99. The molecule has 4 heteroatoms. The molecule has 16 heavy (non-hydrogen) atoms. The molecule has 1 aromatic carbocycles. The number of carbonyl (C=O) groups excluding carboxylic acids is 1. The van der Waals surface area contributed by atoms with Crippen molar-refractivity contribution in [3.05, 3.63) is 29.3 Å². The van der Waals surface area contributed by atoms with Crippen molar-refractivity contribution in [2.24, 2.45) is 0 Å². The Kier molecular flexibility index (Phi) is 3.22. The van der Waals surface area contributed by atoms with E-state index in [1.54, 1.807) is 0 Å². The van der Waals surface area contributed by atoms with Crippen LogP contribution >= 0.6 is 0 Å². The van der Waals surface area contributed by atoms with Crippen LogP contribution in [-0.4, -0.2) is 26.5 Å². The standard InChI is InChI=1S/C12H17N3O/c1-13-7-11(14-2)8-3-4-10-9(5-8)6-12(16)15-10/h3-5,11,13-14H,6-7H2,1-2H3,(H,15,16). The number of amides is 1. The molecule has 0 saturated carbocycles. The molecule has 0 aromatic heterocycles. The zero-order valence-corrected chi connectivity index (χ0v) is 9.63. The van der Waals surface area contributed by atoms with E-state index in [-0.39, 0.29) is 11.9 Å². The predicted octanol–water partition coefficient (Wildman–Crippen LogP) is 0.661. The molecule has 1 amide bonds. The third-order valence-corrected chi connectivity index (χ3v) is 2.91. The van der Waals surface area contributed by atoms with Crippen molar-refractivity contribution >= 4 is 11.6 Å². The molecule has 1 unspecified atom stereocenters. The molecule has 1 aliphatic rings. The number of carbonyl (C=O) groups is 1. The lowest BCUT2D eigenvalue weighted by atomic mass is 10.0. The Morgan fingerprint density at radius 2 is 2.25 bits per heavy atom. The average molecular weight is 219 g/mol. The van der Waals surface area contributed by atoms with Crippen LogP contribution in [0.4, 0.5) is 5.69 Å². The Morgan fingerprint density at radius 3 is 2.94 bits per heavy atom. The molecular formula is C12H17N3O. The number of fused-ring (bicyclic) bond motifs is 1. The molecule has 1 heterocycles. The minimum absolute atomic E-state index is 0.0850. The van der Waals surface area contributed by atoms with E-state index in [0.717, 1.165) is 17.8 Å². The first-order chi connectivity index (χ1) is 7.74. The summed E-state index contributed by atoms with van der Waals surface area (Å²) in [4.78, 5) is 11.2. The van der Waals surface area contributed by atoms with Gasteiger partial charge in [0.15, 0.2) is 0 Å². The first kappa shape index (κ1) is 11.1. The first-order valence-corrected chi connectivity index (χ1v) is 5.49. The number of hydrogen-bond donors (Lipinski definition) is 3. The first-order valence-electron chi connectivity index (χ1n) is 5.49. The van der Waals surface area contributed by atoms with Crippen molar-refractivity contribution < 1.29 is 4.79 Å². The van der Waals surface area contributed by atoms with Gasteiger partial charge in [-0.1, -0.05) is 12.1 Å². The predicted molar refractivity (Wildman–Crippen MR) is 64.5 cm³/mol. The van der Waals surface area contributed by atoms with Crippen molar-refractivity contribution in [1.82, 2.24) is 10.6 Å². The second kappa shape index (κ2) is 4.63. The number of nitrogens with one attached hydrogen (secondary N) is 3. The van der Waals surface area contributed by atoms with Crippen LogP contribution in [0.3, 0.4) is 0 Å². The smallest absolute Gasteiger partial charge is 0.228 e. The fourth-order valence-corrected chi connectivity index (χ4v) is 2.06. The van der Waals surface area contributed by atoms with Crippen LogP contribution in [0.15, 0.2) is 18.2 Å². The zero-order valence-electron chi connectivity index (χ0n) is 9.63. The van der Waals surface area contributed by atoms with Gasteiger partial charge in [0, 0.05) is 18.3 Å². The molecule has 86 valence electrons. The second-order valence-corrected chi connectivity index (χ2v) is 4.04. The molecular weight excluding hydrogens is 202 g/mol.